The van der Waals surface area contributed by atoms with Crippen molar-refractivity contribution in [2.75, 3.05) is 67.9 Å². The Morgan fingerprint density at radius 2 is 0.743 bits per heavy atom. The lowest BCUT2D eigenvalue weighted by Gasteiger charge is -2.37. The Morgan fingerprint density at radius 3 is 1.08 bits per heavy atom. The van der Waals surface area contributed by atoms with Gasteiger partial charge in [-0.3, -0.25) is 61.5 Å². The molecule has 7 N–H and O–H groups in total. The molecule has 7 aliphatic heterocycles. The fourth-order valence-electron chi connectivity index (χ4n) is 18.1. The molecule has 136 heavy (non-hydrogen) atoms. The summed E-state index contributed by atoms with van der Waals surface area (Å²) in [5.74, 6) is -0.347. The third-order valence-corrected chi connectivity index (χ3v) is 30.0. The van der Waals surface area contributed by atoms with Crippen LogP contribution in [0.2, 0.25) is 0 Å². The number of ether oxygens (including phenoxy) is 9. The van der Waals surface area contributed by atoms with Crippen LogP contribution < -0.4 is 75.9 Å². The van der Waals surface area contributed by atoms with Gasteiger partial charge in [-0.2, -0.15) is 15.0 Å². The van der Waals surface area contributed by atoms with Crippen LogP contribution >= 0.6 is 58.0 Å². The van der Waals surface area contributed by atoms with Crippen molar-refractivity contribution in [2.45, 2.75) is 222 Å². The highest BCUT2D eigenvalue weighted by Crippen LogP contribution is 2.52. The lowest BCUT2D eigenvalue weighted by molar-refractivity contribution is -0.101. The van der Waals surface area contributed by atoms with Gasteiger partial charge in [-0.25, -0.2) is 50.3 Å². The van der Waals surface area contributed by atoms with E-state index < -0.39 is 195 Å². The van der Waals surface area contributed by atoms with Crippen LogP contribution in [-0.4, -0.2) is 190 Å². The van der Waals surface area contributed by atoms with Crippen LogP contribution in [0.4, 0.5) is 38.0 Å². The minimum Gasteiger partial charge on any atom is -0.497 e. The number of aromatic amines is 3. The van der Waals surface area contributed by atoms with E-state index in [0.29, 0.717) is 49.4 Å². The summed E-state index contributed by atoms with van der Waals surface area (Å²) >= 11 is 29.7. The largest absolute Gasteiger partial charge is 0.497 e. The van der Waals surface area contributed by atoms with Gasteiger partial charge in [0.15, 0.2) is 74.4 Å². The van der Waals surface area contributed by atoms with E-state index in [0.717, 1.165) is 53.3 Å². The zero-order valence-corrected chi connectivity index (χ0v) is 80.6. The molecule has 16 rings (SSSR count). The molecule has 33 nitrogen and oxygen atoms in total. The van der Waals surface area contributed by atoms with Gasteiger partial charge in [-0.15, -0.1) is 58.0 Å². The summed E-state index contributed by atoms with van der Waals surface area (Å²) in [6.45, 7) is 19.5. The summed E-state index contributed by atoms with van der Waals surface area (Å²) in [4.78, 5) is 122. The second kappa shape index (κ2) is 44.5. The first-order chi connectivity index (χ1) is 64.7. The zero-order chi connectivity index (χ0) is 99.6. The molecule has 0 aliphatic carbocycles. The summed E-state index contributed by atoms with van der Waals surface area (Å²) in [5, 5.41) is 12.9. The number of hydrogen-bond acceptors (Lipinski definition) is 24. The van der Waals surface area contributed by atoms with Crippen LogP contribution in [0.5, 0.6) is 17.5 Å². The number of aromatic nitrogens is 12. The van der Waals surface area contributed by atoms with Crippen LogP contribution in [0.25, 0.3) is 0 Å². The quantitative estimate of drug-likeness (QED) is 0.0197. The molecular weight excluding hydrogens is 1900 g/mol. The highest BCUT2D eigenvalue weighted by Gasteiger charge is 2.60. The van der Waals surface area contributed by atoms with Crippen molar-refractivity contribution in [2.24, 2.45) is 35.5 Å². The Labute approximate surface area is 802 Å². The highest BCUT2D eigenvalue weighted by atomic mass is 35.5. The van der Waals surface area contributed by atoms with Crippen LogP contribution in [0.3, 0.4) is 0 Å². The van der Waals surface area contributed by atoms with Crippen molar-refractivity contribution in [3.63, 3.8) is 0 Å². The van der Waals surface area contributed by atoms with Gasteiger partial charge >= 0.3 is 34.5 Å². The number of H-pyrrole nitrogens is 3. The maximum Gasteiger partial charge on any atom is 0.351 e. The SMILES string of the molecule is CCC1(CC)O[C@@H](n2ccc(=O)[nH]c2=O)[C@@H](F)[C@@H]1C.CC[C@@]1(CCl)O[C@@H](n2ccc(=O)[nH]c2=O)[C@@H](F)[C@@H]1C.CC[C@@]1(CCl)O[C@@H](n2ccc(N)nc2=O)[C@@H](F)[C@@H]1C.CC[C@@]1(CCl)O[C@@H](n2ccc(NC(c3ccccc3)(c3ccc(OC)cc3)c3ccc(OC)cc3)nc2=O)[C@@H](F)[C@@H]1C.C[C@H]1[C@H](F)C2O[C@]1(CCl)COc1nc(=O)ccn12.C[C@H]1[C@H](F)[C@H](n2ccc(=O)[nH]c2=O)O[C@@]1(CO)CCl. The summed E-state index contributed by atoms with van der Waals surface area (Å²) in [5.41, 5.74) is -3.32. The molecule has 9 aromatic rings. The maximum absolute atomic E-state index is 15.5. The summed E-state index contributed by atoms with van der Waals surface area (Å²) in [7, 11) is 3.24. The van der Waals surface area contributed by atoms with Gasteiger partial charge in [0.05, 0.1) is 72.6 Å². The van der Waals surface area contributed by atoms with E-state index in [1.165, 1.54) is 58.3 Å². The Kier molecular flexibility index (Phi) is 34.8. The van der Waals surface area contributed by atoms with Crippen LogP contribution in [0, 0.1) is 35.5 Å². The van der Waals surface area contributed by atoms with E-state index in [1.54, 1.807) is 61.8 Å². The number of halogens is 11. The molecule has 6 aromatic heterocycles. The number of fused-ring (bicyclic) bond motifs is 4. The van der Waals surface area contributed by atoms with Crippen molar-refractivity contribution in [3.8, 4) is 17.5 Å². The summed E-state index contributed by atoms with van der Waals surface area (Å²) in [6.07, 6.45) is -3.25. The van der Waals surface area contributed by atoms with Gasteiger partial charge in [-0.05, 0) is 85.2 Å². The standard InChI is InChI=1S/C33H35ClFN3O4.C13H19FN2O3.C12H17ClFN3O2.C12H16ClFN2O3.C11H14ClFN2O4.C11H12ClFN2O3/c1-5-32(21-34)22(2)29(35)30(42-32)38-20-19-28(36-31(38)39)37-33(23-9-7-6-8-10-23,24-11-15-26(40-3)16-12-24)25-13-17-27(41-4)18-14-25;1-4-13(5-2)8(3)10(14)11(19-13)16-7-6-9(17)15-12(16)18;1-3-12(6-13)7(2)9(14)10(19-12)17-5-4-8(15)16-11(17)18;1-3-12(6-13)7(2)9(14)10(19-12)16-5-4-8(17)15-11(16)18;1-6-8(13)9(19-11(6,4-12)5-16)15-3-2-7(17)14-10(15)18;1-6-8(13)9-15-3-2-7(16)14-10(15)17-5-11(6,4-12)18-9/h6-20,22,29-30H,5,21H2,1-4H3,(H,36,37,39);6-8,10-11H,4-5H2,1-3H3,(H,15,17,18);4-5,7,9-10H,3,6H2,1-2H3,(H2,15,16,18);4-5,7,9-10H,3,6H2,1-2H3,(H,15,17,18);2-3,6,8-9,16H,4-5H2,1H3,(H,14,17,18);2-3,6,8-9H,4-5H2,1H3/t22-,29-,30+,32-;8-,10-,11+;2*7-,9-,10+,12-;6-,8-,9+,11+;6-,8-,9?,11+/m000000/s1. The molecule has 0 radical (unpaired) electrons. The topological polar surface area (TPSA) is 411 Å². The zero-order valence-electron chi connectivity index (χ0n) is 76.9. The molecule has 6 fully saturated rings. The normalized spacial score (nSPS) is 30.5. The molecule has 44 heteroatoms. The second-order valence-corrected chi connectivity index (χ2v) is 35.8. The van der Waals surface area contributed by atoms with Gasteiger partial charge < -0.3 is 58.8 Å². The Balaban J connectivity index is 0.000000163. The average Bonchev–Trinajstić information content (AvgIpc) is 1.40. The van der Waals surface area contributed by atoms with E-state index in [9.17, 15) is 70.2 Å². The lowest BCUT2D eigenvalue weighted by Crippen LogP contribution is -2.44. The molecule has 742 valence electrons. The Hall–Kier alpha value is -9.91. The highest BCUT2D eigenvalue weighted by molar-refractivity contribution is 6.19. The number of nitrogens with zero attached hydrogens (tertiary/aromatic N) is 9. The van der Waals surface area contributed by atoms with Crippen molar-refractivity contribution in [1.29, 1.82) is 0 Å². The van der Waals surface area contributed by atoms with Crippen LogP contribution in [-0.2, 0) is 34.0 Å². The molecule has 0 saturated carbocycles. The number of methoxy groups -OCH3 is 2. The first kappa shape index (κ1) is 107. The molecule has 13 heterocycles. The van der Waals surface area contributed by atoms with E-state index in [-0.39, 0.29) is 59.7 Å². The number of anilines is 2. The minimum atomic E-state index is -1.52. The monoisotopic (exact) mass is 2010 g/mol. The lowest BCUT2D eigenvalue weighted by atomic mass is 9.77. The maximum atomic E-state index is 15.5. The third kappa shape index (κ3) is 20.9. The van der Waals surface area contributed by atoms with Gasteiger partial charge in [0.1, 0.15) is 46.5 Å². The summed E-state index contributed by atoms with van der Waals surface area (Å²) < 4.78 is 145. The molecule has 3 aromatic carbocycles. The first-order valence-electron chi connectivity index (χ1n) is 44.2. The predicted molar refractivity (Wildman–Crippen MR) is 499 cm³/mol. The molecule has 0 amide bonds. The van der Waals surface area contributed by atoms with Crippen LogP contribution in [0.1, 0.15) is 162 Å². The first-order valence-corrected chi connectivity index (χ1v) is 46.9. The number of rotatable bonds is 23. The average molecular weight is 2010 g/mol. The van der Waals surface area contributed by atoms with Crippen molar-refractivity contribution in [1.82, 2.24) is 57.3 Å². The fraction of sp³-hybridized carbons (Fsp3) is 0.543. The number of alkyl halides is 11. The van der Waals surface area contributed by atoms with E-state index in [2.05, 4.69) is 30.2 Å². The van der Waals surface area contributed by atoms with Gasteiger partial charge in [0.2, 0.25) is 0 Å². The van der Waals surface area contributed by atoms with Crippen molar-refractivity contribution < 1.29 is 74.1 Å². The number of nitrogen functional groups attached to an aromatic ring is 1. The molecule has 6 saturated heterocycles. The minimum absolute atomic E-state index is 0.0778. The van der Waals surface area contributed by atoms with Crippen molar-refractivity contribution in [3.05, 3.63) is 263 Å². The summed E-state index contributed by atoms with van der Waals surface area (Å²) in [6, 6.07) is 33.2. The van der Waals surface area contributed by atoms with E-state index in [1.807, 2.05) is 118 Å². The molecule has 0 spiro atoms. The number of aliphatic hydroxyl groups excluding tert-OH is 1. The molecular formula is C92H113Cl5F6N14O19. The second-order valence-electron chi connectivity index (χ2n) is 34.5. The third-order valence-electron chi connectivity index (χ3n) is 27.7. The van der Waals surface area contributed by atoms with E-state index >= 15 is 4.39 Å². The molecule has 2 bridgehead atoms. The van der Waals surface area contributed by atoms with Crippen LogP contribution in [0.15, 0.2) is 196 Å². The number of aliphatic hydroxyl groups is 1. The predicted octanol–water partition coefficient (Wildman–Crippen LogP) is 12.4. The molecule has 1 unspecified atom stereocenters. The van der Waals surface area contributed by atoms with Gasteiger partial charge in [0, 0.05) is 97.0 Å². The Morgan fingerprint density at radius 1 is 0.412 bits per heavy atom. The number of hydrogen-bond donors (Lipinski definition) is 6. The van der Waals surface area contributed by atoms with Gasteiger partial charge in [0.25, 0.3) is 22.2 Å². The van der Waals surface area contributed by atoms with Gasteiger partial charge in [-0.1, -0.05) is 131 Å². The van der Waals surface area contributed by atoms with E-state index in [4.69, 9.17) is 106 Å². The number of benzene rings is 3. The smallest absolute Gasteiger partial charge is 0.351 e. The molecule has 7 aliphatic rings. The number of nitrogens with two attached hydrogens (primary N) is 1. The molecule has 23 atom stereocenters. The van der Waals surface area contributed by atoms with Crippen molar-refractivity contribution >= 4 is 69.6 Å². The Bertz CT molecular complexity index is 5820. The number of nitrogens with one attached hydrogen (secondary N) is 4. The fourth-order valence-corrected chi connectivity index (χ4v) is 20.3.